The third-order valence-corrected chi connectivity index (χ3v) is 2.81. The summed E-state index contributed by atoms with van der Waals surface area (Å²) in [5, 5.41) is 0. The van der Waals surface area contributed by atoms with Gasteiger partial charge in [0.05, 0.1) is 26.3 Å². The van der Waals surface area contributed by atoms with Gasteiger partial charge < -0.3 is 9.47 Å². The first kappa shape index (κ1) is 15.2. The number of esters is 2. The fourth-order valence-electron chi connectivity index (χ4n) is 1.65. The highest BCUT2D eigenvalue weighted by molar-refractivity contribution is 5.89. The van der Waals surface area contributed by atoms with Crippen molar-refractivity contribution in [2.24, 2.45) is 0 Å². The Hall–Kier alpha value is -1.88. The average molecular weight is 265 g/mol. The molecule has 0 spiro atoms. The third-order valence-electron chi connectivity index (χ3n) is 2.81. The van der Waals surface area contributed by atoms with Gasteiger partial charge in [-0.2, -0.15) is 0 Å². The highest BCUT2D eigenvalue weighted by atomic mass is 16.5. The summed E-state index contributed by atoms with van der Waals surface area (Å²) in [6.45, 7) is 3.61. The molecule has 0 atom stereocenters. The maximum atomic E-state index is 11.3. The molecule has 0 heterocycles. The second kappa shape index (κ2) is 7.53. The van der Waals surface area contributed by atoms with Gasteiger partial charge >= 0.3 is 11.9 Å². The van der Waals surface area contributed by atoms with Crippen LogP contribution in [0.4, 0.5) is 0 Å². The third kappa shape index (κ3) is 4.71. The van der Waals surface area contributed by atoms with E-state index in [0.29, 0.717) is 12.1 Å². The van der Waals surface area contributed by atoms with Crippen molar-refractivity contribution in [1.82, 2.24) is 4.90 Å². The standard InChI is InChI=1S/C14H19NO4/c1-4-15(10-13(16)18-2)9-11-5-7-12(8-6-11)14(17)19-3/h5-8H,4,9-10H2,1-3H3. The maximum absolute atomic E-state index is 11.3. The summed E-state index contributed by atoms with van der Waals surface area (Å²) in [5.41, 5.74) is 1.54. The molecule has 0 aromatic heterocycles. The lowest BCUT2D eigenvalue weighted by molar-refractivity contribution is -0.142. The minimum Gasteiger partial charge on any atom is -0.468 e. The van der Waals surface area contributed by atoms with Crippen molar-refractivity contribution in [3.8, 4) is 0 Å². The molecule has 0 radical (unpaired) electrons. The zero-order valence-electron chi connectivity index (χ0n) is 11.5. The van der Waals surface area contributed by atoms with Gasteiger partial charge in [0.25, 0.3) is 0 Å². The van der Waals surface area contributed by atoms with Crippen molar-refractivity contribution in [1.29, 1.82) is 0 Å². The maximum Gasteiger partial charge on any atom is 0.337 e. The van der Waals surface area contributed by atoms with Crippen LogP contribution in [0, 0.1) is 0 Å². The summed E-state index contributed by atoms with van der Waals surface area (Å²) in [6.07, 6.45) is 0. The van der Waals surface area contributed by atoms with Crippen LogP contribution in [0.2, 0.25) is 0 Å². The van der Waals surface area contributed by atoms with Gasteiger partial charge in [-0.25, -0.2) is 4.79 Å². The van der Waals surface area contributed by atoms with E-state index in [1.807, 2.05) is 24.0 Å². The number of benzene rings is 1. The van der Waals surface area contributed by atoms with Gasteiger partial charge in [-0.1, -0.05) is 19.1 Å². The predicted octanol–water partition coefficient (Wildman–Crippen LogP) is 1.47. The van der Waals surface area contributed by atoms with Crippen LogP contribution in [0.1, 0.15) is 22.8 Å². The lowest BCUT2D eigenvalue weighted by atomic mass is 10.1. The lowest BCUT2D eigenvalue weighted by Gasteiger charge is -2.18. The fraction of sp³-hybridized carbons (Fsp3) is 0.429. The minimum absolute atomic E-state index is 0.256. The zero-order chi connectivity index (χ0) is 14.3. The summed E-state index contributed by atoms with van der Waals surface area (Å²) in [7, 11) is 2.73. The van der Waals surface area contributed by atoms with Crippen molar-refractivity contribution in [3.05, 3.63) is 35.4 Å². The quantitative estimate of drug-likeness (QED) is 0.729. The molecule has 0 amide bonds. The Bertz CT molecular complexity index is 428. The summed E-state index contributed by atoms with van der Waals surface area (Å²) in [5.74, 6) is -0.610. The molecule has 0 aliphatic carbocycles. The highest BCUT2D eigenvalue weighted by Crippen LogP contribution is 2.08. The van der Waals surface area contributed by atoms with Gasteiger partial charge in [0.15, 0.2) is 0 Å². The first-order valence-corrected chi connectivity index (χ1v) is 6.07. The van der Waals surface area contributed by atoms with E-state index in [1.165, 1.54) is 14.2 Å². The first-order chi connectivity index (χ1) is 9.10. The van der Waals surface area contributed by atoms with Crippen molar-refractivity contribution in [2.75, 3.05) is 27.3 Å². The molecule has 1 aromatic carbocycles. The Balaban J connectivity index is 2.65. The monoisotopic (exact) mass is 265 g/mol. The Morgan fingerprint density at radius 1 is 1.11 bits per heavy atom. The summed E-state index contributed by atoms with van der Waals surface area (Å²) in [6, 6.07) is 7.14. The largest absolute Gasteiger partial charge is 0.468 e. The lowest BCUT2D eigenvalue weighted by Crippen LogP contribution is -2.29. The van der Waals surface area contributed by atoms with Crippen LogP contribution < -0.4 is 0 Å². The molecule has 0 saturated heterocycles. The molecule has 1 rings (SSSR count). The molecule has 0 unspecified atom stereocenters. The van der Waals surface area contributed by atoms with Crippen molar-refractivity contribution in [2.45, 2.75) is 13.5 Å². The molecule has 0 bridgehead atoms. The highest BCUT2D eigenvalue weighted by Gasteiger charge is 2.10. The molecule has 0 N–H and O–H groups in total. The SMILES string of the molecule is CCN(CC(=O)OC)Cc1ccc(C(=O)OC)cc1. The second-order valence-corrected chi connectivity index (χ2v) is 4.07. The summed E-state index contributed by atoms with van der Waals surface area (Å²) >= 11 is 0. The van der Waals surface area contributed by atoms with Gasteiger partial charge in [0.1, 0.15) is 0 Å². The normalized spacial score (nSPS) is 10.3. The molecule has 5 heteroatoms. The zero-order valence-corrected chi connectivity index (χ0v) is 11.5. The van der Waals surface area contributed by atoms with E-state index in [2.05, 4.69) is 9.47 Å². The van der Waals surface area contributed by atoms with E-state index in [4.69, 9.17) is 0 Å². The molecule has 19 heavy (non-hydrogen) atoms. The minimum atomic E-state index is -0.353. The molecular weight excluding hydrogens is 246 g/mol. The number of carbonyl (C=O) groups is 2. The van der Waals surface area contributed by atoms with Crippen LogP contribution >= 0.6 is 0 Å². The van der Waals surface area contributed by atoms with E-state index in [9.17, 15) is 9.59 Å². The Labute approximate surface area is 113 Å². The molecule has 104 valence electrons. The average Bonchev–Trinajstić information content (AvgIpc) is 2.46. The number of rotatable bonds is 6. The van der Waals surface area contributed by atoms with Crippen molar-refractivity contribution >= 4 is 11.9 Å². The second-order valence-electron chi connectivity index (χ2n) is 4.07. The van der Waals surface area contributed by atoms with Crippen LogP contribution in [0.3, 0.4) is 0 Å². The molecule has 0 aliphatic rings. The van der Waals surface area contributed by atoms with Crippen LogP contribution in [0.5, 0.6) is 0 Å². The first-order valence-electron chi connectivity index (χ1n) is 6.07. The molecular formula is C14H19NO4. The van der Waals surface area contributed by atoms with Crippen molar-refractivity contribution in [3.63, 3.8) is 0 Å². The Morgan fingerprint density at radius 3 is 2.21 bits per heavy atom. The van der Waals surface area contributed by atoms with Gasteiger partial charge in [-0.3, -0.25) is 9.69 Å². The molecule has 0 saturated carbocycles. The topological polar surface area (TPSA) is 55.8 Å². The molecule has 0 fully saturated rings. The molecule has 5 nitrogen and oxygen atoms in total. The number of methoxy groups -OCH3 is 2. The van der Waals surface area contributed by atoms with E-state index in [0.717, 1.165) is 12.1 Å². The van der Waals surface area contributed by atoms with Crippen molar-refractivity contribution < 1.29 is 19.1 Å². The van der Waals surface area contributed by atoms with Gasteiger partial charge in [0.2, 0.25) is 0 Å². The van der Waals surface area contributed by atoms with E-state index in [-0.39, 0.29) is 18.5 Å². The molecule has 0 aliphatic heterocycles. The predicted molar refractivity (Wildman–Crippen MR) is 70.7 cm³/mol. The Morgan fingerprint density at radius 2 is 1.74 bits per heavy atom. The number of hydrogen-bond donors (Lipinski definition) is 0. The van der Waals surface area contributed by atoms with Gasteiger partial charge in [-0.05, 0) is 24.2 Å². The van der Waals surface area contributed by atoms with Crippen LogP contribution in [-0.4, -0.2) is 44.1 Å². The number of likely N-dealkylation sites (N-methyl/N-ethyl adjacent to an activating group) is 1. The number of hydrogen-bond acceptors (Lipinski definition) is 5. The fourth-order valence-corrected chi connectivity index (χ4v) is 1.65. The molecule has 1 aromatic rings. The summed E-state index contributed by atoms with van der Waals surface area (Å²) < 4.78 is 9.28. The number of carbonyl (C=O) groups excluding carboxylic acids is 2. The van der Waals surface area contributed by atoms with Gasteiger partial charge in [-0.15, -0.1) is 0 Å². The smallest absolute Gasteiger partial charge is 0.337 e. The van der Waals surface area contributed by atoms with Crippen LogP contribution in [0.15, 0.2) is 24.3 Å². The number of nitrogens with zero attached hydrogens (tertiary/aromatic N) is 1. The van der Waals surface area contributed by atoms with Gasteiger partial charge in [0, 0.05) is 6.54 Å². The van der Waals surface area contributed by atoms with E-state index in [1.54, 1.807) is 12.1 Å². The summed E-state index contributed by atoms with van der Waals surface area (Å²) in [4.78, 5) is 24.5. The van der Waals surface area contributed by atoms with E-state index >= 15 is 0 Å². The van der Waals surface area contributed by atoms with E-state index < -0.39 is 0 Å². The van der Waals surface area contributed by atoms with Crippen LogP contribution in [-0.2, 0) is 20.8 Å². The van der Waals surface area contributed by atoms with Crippen LogP contribution in [0.25, 0.3) is 0 Å². The Kier molecular flexibility index (Phi) is 6.02. The number of ether oxygens (including phenoxy) is 2.